The smallest absolute Gasteiger partial charge is 0.237 e. The van der Waals surface area contributed by atoms with Gasteiger partial charge in [0.25, 0.3) is 0 Å². The van der Waals surface area contributed by atoms with Gasteiger partial charge in [-0.3, -0.25) is 4.79 Å². The Hall–Kier alpha value is -1.29. The number of nitrogens with two attached hydrogens (primary N) is 1. The molecule has 0 aromatic carbocycles. The maximum absolute atomic E-state index is 12.3. The molecule has 1 amide bonds. The molecule has 1 aromatic heterocycles. The normalized spacial score (nSPS) is 22.0. The molecule has 1 aromatic rings. The molecule has 1 unspecified atom stereocenters. The molecular weight excluding hydrogens is 264 g/mol. The molecule has 0 fully saturated rings. The maximum Gasteiger partial charge on any atom is 0.237 e. The summed E-state index contributed by atoms with van der Waals surface area (Å²) in [7, 11) is 0. The van der Waals surface area contributed by atoms with Crippen molar-refractivity contribution in [3.8, 4) is 0 Å². The zero-order valence-corrected chi connectivity index (χ0v) is 13.8. The highest BCUT2D eigenvalue weighted by Gasteiger charge is 2.36. The molecule has 1 heterocycles. The lowest BCUT2D eigenvalue weighted by Crippen LogP contribution is -2.45. The first-order valence-corrected chi connectivity index (χ1v) is 7.83. The average molecular weight is 292 g/mol. The van der Waals surface area contributed by atoms with Crippen LogP contribution in [-0.2, 0) is 11.2 Å². The maximum atomic E-state index is 12.3. The van der Waals surface area contributed by atoms with Gasteiger partial charge in [-0.15, -0.1) is 0 Å². The van der Waals surface area contributed by atoms with Gasteiger partial charge in [-0.2, -0.15) is 0 Å². The van der Waals surface area contributed by atoms with Crippen LogP contribution in [-0.4, -0.2) is 11.9 Å². The van der Waals surface area contributed by atoms with Crippen LogP contribution in [0.5, 0.6) is 0 Å². The summed E-state index contributed by atoms with van der Waals surface area (Å²) < 4.78 is 5.80. The van der Waals surface area contributed by atoms with Crippen molar-refractivity contribution in [1.29, 1.82) is 0 Å². The molecule has 3 N–H and O–H groups in total. The number of rotatable bonds is 4. The number of hydrogen-bond donors (Lipinski definition) is 2. The molecule has 118 valence electrons. The first-order chi connectivity index (χ1) is 9.68. The molecule has 0 spiro atoms. The summed E-state index contributed by atoms with van der Waals surface area (Å²) in [4.78, 5) is 12.3. The molecule has 1 aliphatic carbocycles. The Morgan fingerprint density at radius 1 is 1.52 bits per heavy atom. The molecule has 2 rings (SSSR count). The number of hydrogen-bond acceptors (Lipinski definition) is 3. The second-order valence-corrected chi connectivity index (χ2v) is 7.58. The lowest BCUT2D eigenvalue weighted by atomic mass is 9.74. The van der Waals surface area contributed by atoms with Gasteiger partial charge in [0.15, 0.2) is 0 Å². The summed E-state index contributed by atoms with van der Waals surface area (Å²) in [5.74, 6) is 2.27. The van der Waals surface area contributed by atoms with Gasteiger partial charge in [-0.25, -0.2) is 0 Å². The molecule has 0 bridgehead atoms. The van der Waals surface area contributed by atoms with Gasteiger partial charge >= 0.3 is 0 Å². The lowest BCUT2D eigenvalue weighted by molar-refractivity contribution is -0.123. The zero-order chi connectivity index (χ0) is 15.8. The summed E-state index contributed by atoms with van der Waals surface area (Å²) in [5, 5.41) is 3.13. The van der Waals surface area contributed by atoms with E-state index in [4.69, 9.17) is 10.2 Å². The summed E-state index contributed by atoms with van der Waals surface area (Å²) >= 11 is 0. The number of nitrogens with one attached hydrogen (secondary N) is 1. The lowest BCUT2D eigenvalue weighted by Gasteiger charge is -2.35. The number of fused-ring (bicyclic) bond motifs is 1. The predicted octanol–water partition coefficient (Wildman–Crippen LogP) is 3.09. The minimum atomic E-state index is -0.438. The summed E-state index contributed by atoms with van der Waals surface area (Å²) in [6.45, 7) is 10.5. The molecule has 4 heteroatoms. The van der Waals surface area contributed by atoms with Crippen LogP contribution in [0.15, 0.2) is 10.5 Å². The van der Waals surface area contributed by atoms with E-state index in [-0.39, 0.29) is 17.4 Å². The fourth-order valence-electron chi connectivity index (χ4n) is 3.21. The van der Waals surface area contributed by atoms with Gasteiger partial charge in [0.05, 0.1) is 12.1 Å². The molecule has 4 nitrogen and oxygen atoms in total. The molecule has 0 aliphatic heterocycles. The van der Waals surface area contributed by atoms with Crippen LogP contribution in [0.4, 0.5) is 0 Å². The Kier molecular flexibility index (Phi) is 4.47. The number of aryl methyl sites for hydroxylation is 1. The summed E-state index contributed by atoms with van der Waals surface area (Å²) in [6, 6.07) is 1.61. The molecule has 21 heavy (non-hydrogen) atoms. The Morgan fingerprint density at radius 3 is 2.81 bits per heavy atom. The fourth-order valence-corrected chi connectivity index (χ4v) is 3.21. The van der Waals surface area contributed by atoms with Crippen molar-refractivity contribution < 1.29 is 9.21 Å². The quantitative estimate of drug-likeness (QED) is 0.896. The number of amides is 1. The monoisotopic (exact) mass is 292 g/mol. The van der Waals surface area contributed by atoms with Gasteiger partial charge in [-0.05, 0) is 37.2 Å². The third-order valence-electron chi connectivity index (χ3n) is 4.11. The van der Waals surface area contributed by atoms with Crippen LogP contribution in [0.25, 0.3) is 0 Å². The van der Waals surface area contributed by atoms with E-state index in [9.17, 15) is 4.79 Å². The SMILES string of the molecule is Cc1cc2c(o1)CC(C)(C)CC2NC(=O)[C@@H](N)CC(C)C. The van der Waals surface area contributed by atoms with E-state index >= 15 is 0 Å². The Balaban J connectivity index is 2.14. The molecule has 0 saturated carbocycles. The van der Waals surface area contributed by atoms with Gasteiger partial charge in [-0.1, -0.05) is 27.7 Å². The molecule has 2 atom stereocenters. The highest BCUT2D eigenvalue weighted by Crippen LogP contribution is 2.42. The van der Waals surface area contributed by atoms with Gasteiger partial charge < -0.3 is 15.5 Å². The van der Waals surface area contributed by atoms with E-state index in [1.807, 2.05) is 13.0 Å². The van der Waals surface area contributed by atoms with Gasteiger partial charge in [0.2, 0.25) is 5.91 Å². The van der Waals surface area contributed by atoms with Crippen molar-refractivity contribution >= 4 is 5.91 Å². The van der Waals surface area contributed by atoms with Crippen LogP contribution < -0.4 is 11.1 Å². The van der Waals surface area contributed by atoms with Crippen LogP contribution in [0.3, 0.4) is 0 Å². The van der Waals surface area contributed by atoms with Crippen molar-refractivity contribution in [3.63, 3.8) is 0 Å². The third-order valence-corrected chi connectivity index (χ3v) is 4.11. The van der Waals surface area contributed by atoms with Crippen molar-refractivity contribution in [1.82, 2.24) is 5.32 Å². The van der Waals surface area contributed by atoms with E-state index in [1.54, 1.807) is 0 Å². The van der Waals surface area contributed by atoms with Crippen LogP contribution in [0.2, 0.25) is 0 Å². The highest BCUT2D eigenvalue weighted by atomic mass is 16.3. The topological polar surface area (TPSA) is 68.3 Å². The molecular formula is C17H28N2O2. The minimum Gasteiger partial charge on any atom is -0.466 e. The highest BCUT2D eigenvalue weighted by molar-refractivity contribution is 5.82. The van der Waals surface area contributed by atoms with Gasteiger partial charge in [0, 0.05) is 12.0 Å². The first-order valence-electron chi connectivity index (χ1n) is 7.83. The number of carbonyl (C=O) groups excluding carboxylic acids is 1. The first kappa shape index (κ1) is 16.1. The fraction of sp³-hybridized carbons (Fsp3) is 0.706. The second kappa shape index (κ2) is 5.84. The summed E-state index contributed by atoms with van der Waals surface area (Å²) in [5.41, 5.74) is 7.24. The largest absolute Gasteiger partial charge is 0.466 e. The molecule has 0 saturated heterocycles. The van der Waals surface area contributed by atoms with Crippen LogP contribution >= 0.6 is 0 Å². The van der Waals surface area contributed by atoms with E-state index < -0.39 is 6.04 Å². The van der Waals surface area contributed by atoms with Crippen molar-refractivity contribution in [2.75, 3.05) is 0 Å². The van der Waals surface area contributed by atoms with Crippen molar-refractivity contribution in [2.24, 2.45) is 17.1 Å². The van der Waals surface area contributed by atoms with Crippen molar-refractivity contribution in [3.05, 3.63) is 23.2 Å². The van der Waals surface area contributed by atoms with Crippen LogP contribution in [0.1, 0.15) is 63.7 Å². The molecule has 0 radical (unpaired) electrons. The van der Waals surface area contributed by atoms with E-state index in [0.29, 0.717) is 12.3 Å². The predicted molar refractivity (Wildman–Crippen MR) is 83.9 cm³/mol. The summed E-state index contributed by atoms with van der Waals surface area (Å²) in [6.07, 6.45) is 2.54. The standard InChI is InChI=1S/C17H28N2O2/c1-10(2)6-13(18)16(20)19-14-8-17(4,5)9-15-12(14)7-11(3)21-15/h7,10,13-14H,6,8-9,18H2,1-5H3,(H,19,20)/t13-,14?/m0/s1. The van der Waals surface area contributed by atoms with E-state index in [2.05, 4.69) is 33.0 Å². The Bertz CT molecular complexity index is 517. The second-order valence-electron chi connectivity index (χ2n) is 7.58. The number of furan rings is 1. The zero-order valence-electron chi connectivity index (χ0n) is 13.8. The van der Waals surface area contributed by atoms with Gasteiger partial charge in [0.1, 0.15) is 11.5 Å². The van der Waals surface area contributed by atoms with E-state index in [1.165, 1.54) is 0 Å². The Labute approximate surface area is 127 Å². The minimum absolute atomic E-state index is 0.00640. The van der Waals surface area contributed by atoms with E-state index in [0.717, 1.165) is 29.9 Å². The van der Waals surface area contributed by atoms with Crippen molar-refractivity contribution in [2.45, 2.75) is 66.0 Å². The Morgan fingerprint density at radius 2 is 2.19 bits per heavy atom. The third kappa shape index (κ3) is 3.88. The molecule has 1 aliphatic rings. The number of carbonyl (C=O) groups is 1. The average Bonchev–Trinajstić information content (AvgIpc) is 2.66. The van der Waals surface area contributed by atoms with Crippen LogP contribution in [0, 0.1) is 18.3 Å².